The fourth-order valence-corrected chi connectivity index (χ4v) is 0.998. The Morgan fingerprint density at radius 3 is 3.09 bits per heavy atom. The molecule has 1 rings (SSSR count). The van der Waals surface area contributed by atoms with E-state index in [9.17, 15) is 4.79 Å². The summed E-state index contributed by atoms with van der Waals surface area (Å²) >= 11 is 0. The smallest absolute Gasteiger partial charge is 0.305 e. The molecule has 0 radical (unpaired) electrons. The minimum absolute atomic E-state index is 0.166. The molecule has 62 valence electrons. The lowest BCUT2D eigenvalue weighted by Gasteiger charge is -2.01. The Bertz CT molecular complexity index is 177. The summed E-state index contributed by atoms with van der Waals surface area (Å²) in [6.07, 6.45) is 2.23. The highest BCUT2D eigenvalue weighted by Gasteiger charge is 2.05. The topological polar surface area (TPSA) is 61.7 Å². The van der Waals surface area contributed by atoms with Crippen LogP contribution in [0.4, 0.5) is 0 Å². The Balaban J connectivity index is 2.07. The van der Waals surface area contributed by atoms with Gasteiger partial charge in [-0.05, 0) is 6.42 Å². The first-order chi connectivity index (χ1) is 5.29. The molecule has 0 aromatic carbocycles. The minimum Gasteiger partial charge on any atom is -0.481 e. The van der Waals surface area contributed by atoms with Crippen LogP contribution in [-0.2, 0) is 4.79 Å². The second kappa shape index (κ2) is 3.95. The zero-order chi connectivity index (χ0) is 8.10. The fourth-order valence-electron chi connectivity index (χ4n) is 0.998. The lowest BCUT2D eigenvalue weighted by Crippen LogP contribution is -2.24. The average molecular weight is 156 g/mol. The highest BCUT2D eigenvalue weighted by atomic mass is 16.4. The zero-order valence-electron chi connectivity index (χ0n) is 6.34. The van der Waals surface area contributed by atoms with E-state index in [4.69, 9.17) is 5.11 Å². The van der Waals surface area contributed by atoms with Crippen molar-refractivity contribution in [1.29, 1.82) is 0 Å². The Morgan fingerprint density at radius 2 is 2.55 bits per heavy atom. The number of nitrogens with one attached hydrogen (secondary N) is 1. The highest BCUT2D eigenvalue weighted by molar-refractivity contribution is 5.83. The number of hydrogen-bond donors (Lipinski definition) is 2. The first-order valence-electron chi connectivity index (χ1n) is 3.78. The quantitative estimate of drug-likeness (QED) is 0.615. The van der Waals surface area contributed by atoms with Crippen LogP contribution in [-0.4, -0.2) is 30.0 Å². The van der Waals surface area contributed by atoms with Gasteiger partial charge in [0.2, 0.25) is 0 Å². The number of carboxylic acid groups (broad SMARTS) is 1. The van der Waals surface area contributed by atoms with E-state index in [2.05, 4.69) is 10.3 Å². The van der Waals surface area contributed by atoms with Crippen molar-refractivity contribution >= 4 is 11.8 Å². The Morgan fingerprint density at radius 1 is 1.73 bits per heavy atom. The molecule has 1 aliphatic heterocycles. The second-order valence-corrected chi connectivity index (χ2v) is 2.50. The van der Waals surface area contributed by atoms with Gasteiger partial charge in [0, 0.05) is 19.5 Å². The van der Waals surface area contributed by atoms with E-state index >= 15 is 0 Å². The SMILES string of the molecule is O=C(O)CCNC1=NCCC1. The van der Waals surface area contributed by atoms with Crippen LogP contribution in [0.25, 0.3) is 0 Å². The third-order valence-electron chi connectivity index (χ3n) is 1.54. The van der Waals surface area contributed by atoms with Gasteiger partial charge in [-0.25, -0.2) is 0 Å². The standard InChI is InChI=1S/C7H12N2O2/c10-7(11)3-5-9-6-2-1-4-8-6/h1-5H2,(H,8,9)(H,10,11). The maximum Gasteiger partial charge on any atom is 0.305 e. The molecular formula is C7H12N2O2. The first-order valence-corrected chi connectivity index (χ1v) is 3.78. The maximum absolute atomic E-state index is 10.1. The van der Waals surface area contributed by atoms with Gasteiger partial charge in [0.05, 0.1) is 12.3 Å². The van der Waals surface area contributed by atoms with E-state index in [1.807, 2.05) is 0 Å². The Kier molecular flexibility index (Phi) is 2.89. The van der Waals surface area contributed by atoms with Crippen molar-refractivity contribution in [2.45, 2.75) is 19.3 Å². The molecule has 4 heteroatoms. The normalized spacial score (nSPS) is 16.2. The number of nitrogens with zero attached hydrogens (tertiary/aromatic N) is 1. The van der Waals surface area contributed by atoms with Crippen LogP contribution < -0.4 is 5.32 Å². The molecule has 0 bridgehead atoms. The number of aliphatic imine (C=N–C) groups is 1. The number of rotatable bonds is 3. The van der Waals surface area contributed by atoms with Crippen LogP contribution in [0, 0.1) is 0 Å². The lowest BCUT2D eigenvalue weighted by molar-refractivity contribution is -0.136. The summed E-state index contributed by atoms with van der Waals surface area (Å²) in [4.78, 5) is 14.2. The predicted molar refractivity (Wildman–Crippen MR) is 41.8 cm³/mol. The monoisotopic (exact) mass is 156 g/mol. The molecule has 0 aliphatic carbocycles. The van der Waals surface area contributed by atoms with E-state index in [0.717, 1.165) is 25.2 Å². The second-order valence-electron chi connectivity index (χ2n) is 2.50. The van der Waals surface area contributed by atoms with Crippen molar-refractivity contribution in [3.8, 4) is 0 Å². The molecule has 4 nitrogen and oxygen atoms in total. The summed E-state index contributed by atoms with van der Waals surface area (Å²) < 4.78 is 0. The van der Waals surface area contributed by atoms with Gasteiger partial charge >= 0.3 is 5.97 Å². The summed E-state index contributed by atoms with van der Waals surface area (Å²) in [7, 11) is 0. The van der Waals surface area contributed by atoms with Gasteiger partial charge in [0.15, 0.2) is 0 Å². The van der Waals surface area contributed by atoms with Crippen LogP contribution in [0.3, 0.4) is 0 Å². The molecule has 11 heavy (non-hydrogen) atoms. The van der Waals surface area contributed by atoms with E-state index in [1.165, 1.54) is 0 Å². The van der Waals surface area contributed by atoms with Gasteiger partial charge in [0.25, 0.3) is 0 Å². The van der Waals surface area contributed by atoms with Gasteiger partial charge < -0.3 is 10.4 Å². The van der Waals surface area contributed by atoms with Gasteiger partial charge in [-0.2, -0.15) is 0 Å². The lowest BCUT2D eigenvalue weighted by atomic mass is 10.3. The van der Waals surface area contributed by atoms with E-state index in [-0.39, 0.29) is 6.42 Å². The van der Waals surface area contributed by atoms with Gasteiger partial charge in [-0.15, -0.1) is 0 Å². The van der Waals surface area contributed by atoms with Gasteiger partial charge in [-0.1, -0.05) is 0 Å². The van der Waals surface area contributed by atoms with E-state index < -0.39 is 5.97 Å². The van der Waals surface area contributed by atoms with Crippen molar-refractivity contribution < 1.29 is 9.90 Å². The maximum atomic E-state index is 10.1. The minimum atomic E-state index is -0.768. The fraction of sp³-hybridized carbons (Fsp3) is 0.714. The Labute approximate surface area is 65.3 Å². The molecule has 0 spiro atoms. The zero-order valence-corrected chi connectivity index (χ0v) is 6.34. The predicted octanol–water partition coefficient (Wildman–Crippen LogP) is 0.243. The van der Waals surface area contributed by atoms with Crippen LogP contribution in [0.2, 0.25) is 0 Å². The molecule has 0 atom stereocenters. The van der Waals surface area contributed by atoms with Crippen LogP contribution in [0.15, 0.2) is 4.99 Å². The summed E-state index contributed by atoms with van der Waals surface area (Å²) in [6.45, 7) is 1.38. The molecule has 0 amide bonds. The van der Waals surface area contributed by atoms with Crippen LogP contribution in [0.1, 0.15) is 19.3 Å². The van der Waals surface area contributed by atoms with Crippen molar-refractivity contribution in [2.75, 3.05) is 13.1 Å². The summed E-state index contributed by atoms with van der Waals surface area (Å²) in [5.41, 5.74) is 0. The Hall–Kier alpha value is -1.06. The molecule has 0 fully saturated rings. The number of aliphatic carboxylic acids is 1. The van der Waals surface area contributed by atoms with Gasteiger partial charge in [-0.3, -0.25) is 9.79 Å². The number of amidine groups is 1. The summed E-state index contributed by atoms with van der Waals surface area (Å²) in [5, 5.41) is 11.3. The average Bonchev–Trinajstić information content (AvgIpc) is 2.39. The number of carboxylic acids is 1. The van der Waals surface area contributed by atoms with E-state index in [0.29, 0.717) is 6.54 Å². The highest BCUT2D eigenvalue weighted by Crippen LogP contribution is 2.00. The van der Waals surface area contributed by atoms with Crippen molar-refractivity contribution in [2.24, 2.45) is 4.99 Å². The summed E-state index contributed by atoms with van der Waals surface area (Å²) in [5.74, 6) is 0.197. The molecule has 2 N–H and O–H groups in total. The molecular weight excluding hydrogens is 144 g/mol. The molecule has 0 aromatic rings. The van der Waals surface area contributed by atoms with Crippen molar-refractivity contribution in [3.05, 3.63) is 0 Å². The molecule has 0 unspecified atom stereocenters. The van der Waals surface area contributed by atoms with Crippen molar-refractivity contribution in [1.82, 2.24) is 5.32 Å². The van der Waals surface area contributed by atoms with E-state index in [1.54, 1.807) is 0 Å². The summed E-state index contributed by atoms with van der Waals surface area (Å²) in [6, 6.07) is 0. The molecule has 0 aromatic heterocycles. The van der Waals surface area contributed by atoms with Gasteiger partial charge in [0.1, 0.15) is 0 Å². The van der Waals surface area contributed by atoms with Crippen LogP contribution >= 0.6 is 0 Å². The molecule has 0 saturated carbocycles. The number of carbonyl (C=O) groups is 1. The molecule has 1 heterocycles. The first kappa shape index (κ1) is 8.04. The molecule has 1 aliphatic rings. The molecule has 0 saturated heterocycles. The third-order valence-corrected chi connectivity index (χ3v) is 1.54. The number of hydrogen-bond acceptors (Lipinski definition) is 3. The third kappa shape index (κ3) is 3.02. The van der Waals surface area contributed by atoms with Crippen molar-refractivity contribution in [3.63, 3.8) is 0 Å². The van der Waals surface area contributed by atoms with Crippen LogP contribution in [0.5, 0.6) is 0 Å². The largest absolute Gasteiger partial charge is 0.481 e.